The minimum Gasteiger partial charge on any atom is -0.353 e. The number of hydrogen-bond acceptors (Lipinski definition) is 3. The molecule has 1 aromatic heterocycles. The molecule has 3 heteroatoms. The molecule has 0 amide bonds. The smallest absolute Gasteiger partial charge is 0.157 e. The zero-order valence-corrected chi connectivity index (χ0v) is 10.9. The molecule has 1 aliphatic rings. The highest BCUT2D eigenvalue weighted by Crippen LogP contribution is 2.21. The maximum Gasteiger partial charge on any atom is 0.157 e. The van der Waals surface area contributed by atoms with Gasteiger partial charge in [-0.1, -0.05) is 0 Å². The molecule has 2 rings (SSSR count). The zero-order valence-electron chi connectivity index (χ0n) is 10.1. The van der Waals surface area contributed by atoms with E-state index in [1.165, 1.54) is 28.2 Å². The van der Waals surface area contributed by atoms with Gasteiger partial charge >= 0.3 is 0 Å². The van der Waals surface area contributed by atoms with Crippen molar-refractivity contribution in [3.05, 3.63) is 21.4 Å². The molecule has 0 bridgehead atoms. The molecule has 0 saturated carbocycles. The summed E-state index contributed by atoms with van der Waals surface area (Å²) < 4.78 is 11.3. The van der Waals surface area contributed by atoms with Crippen LogP contribution in [0.4, 0.5) is 0 Å². The van der Waals surface area contributed by atoms with Crippen molar-refractivity contribution in [2.45, 2.75) is 45.8 Å². The summed E-state index contributed by atoms with van der Waals surface area (Å²) in [6.07, 6.45) is 4.54. The first-order chi connectivity index (χ1) is 7.75. The number of aryl methyl sites for hydroxylation is 2. The summed E-state index contributed by atoms with van der Waals surface area (Å²) in [6.45, 7) is 5.99. The lowest BCUT2D eigenvalue weighted by atomic mass is 10.2. The number of ether oxygens (including phenoxy) is 2. The van der Waals surface area contributed by atoms with Gasteiger partial charge in [0.2, 0.25) is 0 Å². The van der Waals surface area contributed by atoms with Gasteiger partial charge in [-0.15, -0.1) is 11.3 Å². The van der Waals surface area contributed by atoms with E-state index in [0.29, 0.717) is 0 Å². The summed E-state index contributed by atoms with van der Waals surface area (Å²) in [5, 5.41) is 0. The normalized spacial score (nSPS) is 21.2. The van der Waals surface area contributed by atoms with Gasteiger partial charge in [0, 0.05) is 16.4 Å². The van der Waals surface area contributed by atoms with Crippen molar-refractivity contribution in [1.29, 1.82) is 0 Å². The van der Waals surface area contributed by atoms with E-state index < -0.39 is 0 Å². The number of rotatable bonds is 4. The molecule has 1 unspecified atom stereocenters. The van der Waals surface area contributed by atoms with Crippen LogP contribution in [0.25, 0.3) is 0 Å². The highest BCUT2D eigenvalue weighted by Gasteiger charge is 2.13. The van der Waals surface area contributed by atoms with Gasteiger partial charge in [0.25, 0.3) is 0 Å². The van der Waals surface area contributed by atoms with Crippen LogP contribution in [0.2, 0.25) is 0 Å². The third-order valence-electron chi connectivity index (χ3n) is 2.96. The Morgan fingerprint density at radius 2 is 2.31 bits per heavy atom. The average molecular weight is 240 g/mol. The fourth-order valence-electron chi connectivity index (χ4n) is 2.07. The SMILES string of the molecule is Cc1cc(CCOC2CCCCO2)c(C)s1. The van der Waals surface area contributed by atoms with Crippen molar-refractivity contribution in [1.82, 2.24) is 0 Å². The van der Waals surface area contributed by atoms with Gasteiger partial charge in [0.05, 0.1) is 6.61 Å². The van der Waals surface area contributed by atoms with Crippen LogP contribution in [0, 0.1) is 13.8 Å². The van der Waals surface area contributed by atoms with Crippen LogP contribution < -0.4 is 0 Å². The fourth-order valence-corrected chi connectivity index (χ4v) is 3.05. The summed E-state index contributed by atoms with van der Waals surface area (Å²) in [4.78, 5) is 2.81. The lowest BCUT2D eigenvalue weighted by Crippen LogP contribution is -2.23. The standard InChI is InChI=1S/C13H20O2S/c1-10-9-12(11(2)16-10)6-8-15-13-5-3-4-7-14-13/h9,13H,3-8H2,1-2H3. The van der Waals surface area contributed by atoms with Crippen LogP contribution in [-0.4, -0.2) is 19.5 Å². The first kappa shape index (κ1) is 12.1. The topological polar surface area (TPSA) is 18.5 Å². The largest absolute Gasteiger partial charge is 0.353 e. The predicted molar refractivity (Wildman–Crippen MR) is 67.0 cm³/mol. The van der Waals surface area contributed by atoms with Crippen molar-refractivity contribution in [3.8, 4) is 0 Å². The molecular weight excluding hydrogens is 220 g/mol. The molecule has 0 radical (unpaired) electrons. The van der Waals surface area contributed by atoms with Crippen LogP contribution in [0.5, 0.6) is 0 Å². The van der Waals surface area contributed by atoms with E-state index in [1.54, 1.807) is 0 Å². The summed E-state index contributed by atoms with van der Waals surface area (Å²) in [5.74, 6) is 0. The van der Waals surface area contributed by atoms with Gasteiger partial charge in [-0.25, -0.2) is 0 Å². The molecule has 1 saturated heterocycles. The van der Waals surface area contributed by atoms with E-state index in [1.807, 2.05) is 11.3 Å². The van der Waals surface area contributed by atoms with Crippen LogP contribution >= 0.6 is 11.3 Å². The minimum atomic E-state index is 0.0498. The summed E-state index contributed by atoms with van der Waals surface area (Å²) in [5.41, 5.74) is 1.43. The molecule has 1 aliphatic heterocycles. The van der Waals surface area contributed by atoms with E-state index in [-0.39, 0.29) is 6.29 Å². The molecule has 0 aromatic carbocycles. The summed E-state index contributed by atoms with van der Waals surface area (Å²) in [6, 6.07) is 2.27. The number of thiophene rings is 1. The van der Waals surface area contributed by atoms with Crippen molar-refractivity contribution in [2.75, 3.05) is 13.2 Å². The van der Waals surface area contributed by atoms with Crippen molar-refractivity contribution in [3.63, 3.8) is 0 Å². The second-order valence-corrected chi connectivity index (χ2v) is 5.82. The van der Waals surface area contributed by atoms with Crippen molar-refractivity contribution < 1.29 is 9.47 Å². The maximum absolute atomic E-state index is 5.73. The Bertz CT molecular complexity index is 327. The highest BCUT2D eigenvalue weighted by molar-refractivity contribution is 7.12. The molecule has 0 aliphatic carbocycles. The first-order valence-electron chi connectivity index (χ1n) is 6.05. The van der Waals surface area contributed by atoms with Gasteiger partial charge in [0.1, 0.15) is 0 Å². The zero-order chi connectivity index (χ0) is 11.4. The molecule has 2 heterocycles. The Hall–Kier alpha value is -0.380. The van der Waals surface area contributed by atoms with Crippen molar-refractivity contribution in [2.24, 2.45) is 0 Å². The van der Waals surface area contributed by atoms with Crippen LogP contribution in [0.3, 0.4) is 0 Å². The first-order valence-corrected chi connectivity index (χ1v) is 6.86. The molecule has 90 valence electrons. The molecule has 0 N–H and O–H groups in total. The van der Waals surface area contributed by atoms with E-state index in [2.05, 4.69) is 19.9 Å². The average Bonchev–Trinajstić information content (AvgIpc) is 2.59. The molecule has 2 nitrogen and oxygen atoms in total. The van der Waals surface area contributed by atoms with E-state index in [0.717, 1.165) is 26.1 Å². The lowest BCUT2D eigenvalue weighted by Gasteiger charge is -2.22. The molecule has 16 heavy (non-hydrogen) atoms. The third kappa shape index (κ3) is 3.30. The molecule has 0 spiro atoms. The van der Waals surface area contributed by atoms with Gasteiger partial charge in [-0.05, 0) is 51.2 Å². The van der Waals surface area contributed by atoms with Crippen LogP contribution in [0.15, 0.2) is 6.07 Å². The quantitative estimate of drug-likeness (QED) is 0.802. The minimum absolute atomic E-state index is 0.0498. The van der Waals surface area contributed by atoms with E-state index in [4.69, 9.17) is 9.47 Å². The Labute approximate surface area is 102 Å². The summed E-state index contributed by atoms with van der Waals surface area (Å²) in [7, 11) is 0. The van der Waals surface area contributed by atoms with Crippen molar-refractivity contribution >= 4 is 11.3 Å². The van der Waals surface area contributed by atoms with E-state index >= 15 is 0 Å². The molecule has 1 aromatic rings. The van der Waals surface area contributed by atoms with Crippen LogP contribution in [0.1, 0.15) is 34.6 Å². The van der Waals surface area contributed by atoms with Gasteiger partial charge < -0.3 is 9.47 Å². The summed E-state index contributed by atoms with van der Waals surface area (Å²) >= 11 is 1.87. The second kappa shape index (κ2) is 5.80. The predicted octanol–water partition coefficient (Wildman–Crippen LogP) is 3.45. The molecule has 1 fully saturated rings. The monoisotopic (exact) mass is 240 g/mol. The van der Waals surface area contributed by atoms with E-state index in [9.17, 15) is 0 Å². The van der Waals surface area contributed by atoms with Gasteiger partial charge in [-0.3, -0.25) is 0 Å². The molecular formula is C13H20O2S. The Morgan fingerprint density at radius 3 is 2.94 bits per heavy atom. The highest BCUT2D eigenvalue weighted by atomic mass is 32.1. The second-order valence-electron chi connectivity index (χ2n) is 4.36. The molecule has 1 atom stereocenters. The Morgan fingerprint density at radius 1 is 1.44 bits per heavy atom. The van der Waals surface area contributed by atoms with Crippen LogP contribution in [-0.2, 0) is 15.9 Å². The van der Waals surface area contributed by atoms with Gasteiger partial charge in [0.15, 0.2) is 6.29 Å². The maximum atomic E-state index is 5.73. The lowest BCUT2D eigenvalue weighted by molar-refractivity contribution is -0.161. The Balaban J connectivity index is 1.73. The van der Waals surface area contributed by atoms with Gasteiger partial charge in [-0.2, -0.15) is 0 Å². The third-order valence-corrected chi connectivity index (χ3v) is 3.97. The fraction of sp³-hybridized carbons (Fsp3) is 0.692. The Kier molecular flexibility index (Phi) is 4.38. The number of hydrogen-bond donors (Lipinski definition) is 0.